The van der Waals surface area contributed by atoms with Crippen molar-refractivity contribution in [3.05, 3.63) is 34.4 Å². The van der Waals surface area contributed by atoms with E-state index in [-0.39, 0.29) is 11.1 Å². The van der Waals surface area contributed by atoms with E-state index in [1.54, 1.807) is 12.1 Å². The lowest BCUT2D eigenvalue weighted by Gasteiger charge is -2.43. The summed E-state index contributed by atoms with van der Waals surface area (Å²) >= 11 is 6.14. The number of hydrogen-bond donors (Lipinski definition) is 1. The van der Waals surface area contributed by atoms with E-state index in [1.165, 1.54) is 0 Å². The Kier molecular flexibility index (Phi) is 3.83. The van der Waals surface area contributed by atoms with Gasteiger partial charge in [-0.2, -0.15) is 0 Å². The highest BCUT2D eigenvalue weighted by Crippen LogP contribution is 2.41. The molecule has 20 heavy (non-hydrogen) atoms. The fourth-order valence-corrected chi connectivity index (χ4v) is 3.13. The van der Waals surface area contributed by atoms with Crippen molar-refractivity contribution in [2.45, 2.75) is 39.7 Å². The molecule has 0 unspecified atom stereocenters. The number of allylic oxidation sites excluding steroid dienone is 1. The maximum atomic E-state index is 11.2. The molecule has 1 heterocycles. The maximum Gasteiger partial charge on any atom is 0.337 e. The van der Waals surface area contributed by atoms with Crippen LogP contribution in [-0.2, 0) is 0 Å². The Balaban J connectivity index is 2.66. The van der Waals surface area contributed by atoms with E-state index in [0.29, 0.717) is 5.02 Å². The van der Waals surface area contributed by atoms with Crippen molar-refractivity contribution >= 4 is 28.8 Å². The van der Waals surface area contributed by atoms with Crippen molar-refractivity contribution in [2.75, 3.05) is 11.4 Å². The molecule has 0 spiro atoms. The number of benzene rings is 1. The Morgan fingerprint density at radius 1 is 1.40 bits per heavy atom. The van der Waals surface area contributed by atoms with Gasteiger partial charge in [-0.1, -0.05) is 24.6 Å². The first-order chi connectivity index (χ1) is 9.27. The molecule has 1 aromatic carbocycles. The normalized spacial score (nSPS) is 16.6. The highest BCUT2D eigenvalue weighted by Gasteiger charge is 2.31. The van der Waals surface area contributed by atoms with Crippen LogP contribution < -0.4 is 4.90 Å². The summed E-state index contributed by atoms with van der Waals surface area (Å²) in [5, 5.41) is 9.50. The van der Waals surface area contributed by atoms with Crippen molar-refractivity contribution in [1.29, 1.82) is 0 Å². The van der Waals surface area contributed by atoms with E-state index < -0.39 is 5.97 Å². The molecule has 4 heteroatoms. The van der Waals surface area contributed by atoms with E-state index in [2.05, 4.69) is 31.7 Å². The fourth-order valence-electron chi connectivity index (χ4n) is 2.89. The maximum absolute atomic E-state index is 11.2. The predicted octanol–water partition coefficient (Wildman–Crippen LogP) is 4.45. The average Bonchev–Trinajstić information content (AvgIpc) is 2.32. The Morgan fingerprint density at radius 2 is 2.05 bits per heavy atom. The van der Waals surface area contributed by atoms with Gasteiger partial charge in [-0.3, -0.25) is 0 Å². The van der Waals surface area contributed by atoms with Crippen LogP contribution in [0.15, 0.2) is 18.2 Å². The van der Waals surface area contributed by atoms with Crippen LogP contribution in [0.1, 0.15) is 50.0 Å². The average molecular weight is 294 g/mol. The van der Waals surface area contributed by atoms with Crippen LogP contribution in [0, 0.1) is 0 Å². The highest BCUT2D eigenvalue weighted by atomic mass is 35.5. The summed E-state index contributed by atoms with van der Waals surface area (Å²) in [6.07, 6.45) is 3.21. The van der Waals surface area contributed by atoms with Gasteiger partial charge in [-0.15, -0.1) is 0 Å². The molecule has 0 amide bonds. The minimum absolute atomic E-state index is 0.0961. The predicted molar refractivity (Wildman–Crippen MR) is 83.8 cm³/mol. The Morgan fingerprint density at radius 3 is 2.60 bits per heavy atom. The first-order valence-electron chi connectivity index (χ1n) is 6.82. The Hall–Kier alpha value is -1.48. The second kappa shape index (κ2) is 5.13. The monoisotopic (exact) mass is 293 g/mol. The van der Waals surface area contributed by atoms with Crippen LogP contribution in [0.2, 0.25) is 5.02 Å². The molecule has 0 aliphatic carbocycles. The van der Waals surface area contributed by atoms with Crippen LogP contribution in [0.5, 0.6) is 0 Å². The molecule has 0 saturated carbocycles. The zero-order chi connectivity index (χ0) is 15.1. The third-order valence-electron chi connectivity index (χ3n) is 3.74. The van der Waals surface area contributed by atoms with Gasteiger partial charge in [-0.25, -0.2) is 4.79 Å². The van der Waals surface area contributed by atoms with Crippen molar-refractivity contribution in [2.24, 2.45) is 0 Å². The lowest BCUT2D eigenvalue weighted by molar-refractivity contribution is 0.0697. The molecule has 0 bridgehead atoms. The fraction of sp³-hybridized carbons (Fsp3) is 0.438. The number of aromatic carboxylic acids is 1. The number of halogens is 1. The van der Waals surface area contributed by atoms with Crippen LogP contribution in [0.4, 0.5) is 5.69 Å². The summed E-state index contributed by atoms with van der Waals surface area (Å²) in [7, 11) is 0. The summed E-state index contributed by atoms with van der Waals surface area (Å²) in [5.74, 6) is -0.988. The van der Waals surface area contributed by atoms with Gasteiger partial charge in [0.25, 0.3) is 0 Å². The number of rotatable bonds is 3. The second-order valence-electron chi connectivity index (χ2n) is 5.79. The molecule has 1 aromatic rings. The summed E-state index contributed by atoms with van der Waals surface area (Å²) in [6.45, 7) is 9.38. The number of carboxylic acids is 1. The van der Waals surface area contributed by atoms with Gasteiger partial charge in [0, 0.05) is 17.8 Å². The number of anilines is 1. The summed E-state index contributed by atoms with van der Waals surface area (Å²) < 4.78 is 0. The lowest BCUT2D eigenvalue weighted by atomic mass is 9.88. The molecule has 1 N–H and O–H groups in total. The van der Waals surface area contributed by atoms with Gasteiger partial charge in [0.2, 0.25) is 0 Å². The smallest absolute Gasteiger partial charge is 0.337 e. The van der Waals surface area contributed by atoms with Crippen molar-refractivity contribution < 1.29 is 9.90 Å². The summed E-state index contributed by atoms with van der Waals surface area (Å²) in [5.41, 5.74) is 3.14. The number of fused-ring (bicyclic) bond motifs is 1. The molecule has 0 saturated heterocycles. The van der Waals surface area contributed by atoms with E-state index >= 15 is 0 Å². The SMILES string of the molecule is CCCN1c2cc(Cl)c(C(=O)O)cc2C(C)=CC1(C)C. The van der Waals surface area contributed by atoms with Gasteiger partial charge in [-0.05, 0) is 44.9 Å². The molecule has 1 aliphatic rings. The molecule has 0 fully saturated rings. The van der Waals surface area contributed by atoms with Crippen molar-refractivity contribution in [1.82, 2.24) is 0 Å². The Labute approximate surface area is 124 Å². The number of carboxylic acid groups (broad SMARTS) is 1. The Bertz CT molecular complexity index is 590. The summed E-state index contributed by atoms with van der Waals surface area (Å²) in [6, 6.07) is 3.47. The van der Waals surface area contributed by atoms with Crippen LogP contribution in [0.25, 0.3) is 5.57 Å². The van der Waals surface area contributed by atoms with E-state index in [4.69, 9.17) is 11.6 Å². The zero-order valence-electron chi connectivity index (χ0n) is 12.3. The first kappa shape index (κ1) is 14.9. The standard InChI is InChI=1S/C16H20ClNO2/c1-5-6-18-14-8-13(17)12(15(19)20)7-11(14)10(2)9-16(18,3)4/h7-9H,5-6H2,1-4H3,(H,19,20). The molecule has 0 radical (unpaired) electrons. The number of nitrogens with zero attached hydrogens (tertiary/aromatic N) is 1. The van der Waals surface area contributed by atoms with Gasteiger partial charge in [0.1, 0.15) is 0 Å². The zero-order valence-corrected chi connectivity index (χ0v) is 13.1. The minimum Gasteiger partial charge on any atom is -0.478 e. The largest absolute Gasteiger partial charge is 0.478 e. The third-order valence-corrected chi connectivity index (χ3v) is 4.06. The van der Waals surface area contributed by atoms with E-state index in [9.17, 15) is 9.90 Å². The topological polar surface area (TPSA) is 40.5 Å². The van der Waals surface area contributed by atoms with Gasteiger partial charge < -0.3 is 10.0 Å². The van der Waals surface area contributed by atoms with E-state index in [1.807, 2.05) is 6.92 Å². The van der Waals surface area contributed by atoms with Crippen LogP contribution in [0.3, 0.4) is 0 Å². The van der Waals surface area contributed by atoms with Crippen molar-refractivity contribution in [3.8, 4) is 0 Å². The molecular formula is C16H20ClNO2. The highest BCUT2D eigenvalue weighted by molar-refractivity contribution is 6.34. The number of hydrogen-bond acceptors (Lipinski definition) is 2. The molecular weight excluding hydrogens is 274 g/mol. The molecule has 0 atom stereocenters. The molecule has 2 rings (SSSR count). The summed E-state index contributed by atoms with van der Waals surface area (Å²) in [4.78, 5) is 13.5. The van der Waals surface area contributed by atoms with E-state index in [0.717, 1.165) is 29.8 Å². The third kappa shape index (κ3) is 2.42. The molecule has 3 nitrogen and oxygen atoms in total. The molecule has 1 aliphatic heterocycles. The quantitative estimate of drug-likeness (QED) is 0.895. The number of carbonyl (C=O) groups is 1. The second-order valence-corrected chi connectivity index (χ2v) is 6.19. The van der Waals surface area contributed by atoms with Gasteiger partial charge >= 0.3 is 5.97 Å². The van der Waals surface area contributed by atoms with Crippen molar-refractivity contribution in [3.63, 3.8) is 0 Å². The molecule has 108 valence electrons. The van der Waals surface area contributed by atoms with Crippen LogP contribution >= 0.6 is 11.6 Å². The van der Waals surface area contributed by atoms with Gasteiger partial charge in [0.15, 0.2) is 0 Å². The minimum atomic E-state index is -0.988. The lowest BCUT2D eigenvalue weighted by Crippen LogP contribution is -2.45. The first-order valence-corrected chi connectivity index (χ1v) is 7.20. The molecule has 0 aromatic heterocycles. The van der Waals surface area contributed by atoms with Gasteiger partial charge in [0.05, 0.1) is 16.1 Å². The van der Waals surface area contributed by atoms with Crippen LogP contribution in [-0.4, -0.2) is 23.2 Å².